The molecule has 0 spiro atoms. The first-order valence-electron chi connectivity index (χ1n) is 9.90. The third kappa shape index (κ3) is 4.33. The summed E-state index contributed by atoms with van der Waals surface area (Å²) in [5.74, 6) is 1.31. The Labute approximate surface area is 171 Å². The first-order valence-corrected chi connectivity index (χ1v) is 10.7. The minimum atomic E-state index is 0.630. The number of aryl methyl sites for hydroxylation is 1. The Balaban J connectivity index is 1.36. The molecule has 28 heavy (non-hydrogen) atoms. The molecule has 146 valence electrons. The zero-order valence-electron chi connectivity index (χ0n) is 16.1. The highest BCUT2D eigenvalue weighted by Crippen LogP contribution is 2.30. The van der Waals surface area contributed by atoms with Crippen molar-refractivity contribution in [3.05, 3.63) is 71.7 Å². The summed E-state index contributed by atoms with van der Waals surface area (Å²) in [6.07, 6.45) is 9.31. The number of benzene rings is 1. The fourth-order valence-corrected chi connectivity index (χ4v) is 4.66. The highest BCUT2D eigenvalue weighted by atomic mass is 32.2. The highest BCUT2D eigenvalue weighted by Gasteiger charge is 2.22. The molecule has 4 rings (SSSR count). The molecule has 6 heteroatoms. The Hall–Kier alpha value is -2.47. The summed E-state index contributed by atoms with van der Waals surface area (Å²) in [7, 11) is 0. The van der Waals surface area contributed by atoms with Crippen LogP contribution in [-0.4, -0.2) is 28.8 Å². The van der Waals surface area contributed by atoms with Crippen LogP contribution in [0.2, 0.25) is 0 Å². The van der Waals surface area contributed by atoms with Gasteiger partial charge in [-0.2, -0.15) is 4.40 Å². The standard InChI is InChI=1S/C22H27N5S/c1-16(14-17-9-11-24-12-10-17)27-13-3-4-18(15-27)7-8-19-5-2-6-20-21(19)22(23)26-28-25-20/h2,5-6,9-12,18,25H,1,3-4,7-8,13-15H2,(H2,23,26)/t18-/m1/s1. The van der Waals surface area contributed by atoms with E-state index in [1.54, 1.807) is 0 Å². The van der Waals surface area contributed by atoms with Crippen LogP contribution in [0.1, 0.15) is 36.0 Å². The second kappa shape index (κ2) is 8.69. The molecule has 1 aromatic heterocycles. The number of piperidine rings is 1. The Morgan fingerprint density at radius 3 is 3.00 bits per heavy atom. The molecule has 0 saturated carbocycles. The number of amidine groups is 1. The fraction of sp³-hybridized carbons (Fsp3) is 0.364. The number of pyridine rings is 1. The normalized spacial score (nSPS) is 18.8. The number of hydrogen-bond acceptors (Lipinski definition) is 6. The monoisotopic (exact) mass is 393 g/mol. The van der Waals surface area contributed by atoms with Crippen LogP contribution in [0.3, 0.4) is 0 Å². The van der Waals surface area contributed by atoms with Crippen molar-refractivity contribution in [3.63, 3.8) is 0 Å². The molecule has 1 aromatic carbocycles. The summed E-state index contributed by atoms with van der Waals surface area (Å²) in [4.78, 5) is 6.58. The van der Waals surface area contributed by atoms with Crippen LogP contribution in [0.4, 0.5) is 5.69 Å². The van der Waals surface area contributed by atoms with Gasteiger partial charge in [-0.3, -0.25) is 4.98 Å². The average Bonchev–Trinajstić information content (AvgIpc) is 2.73. The first kappa shape index (κ1) is 18.9. The molecule has 3 heterocycles. The molecule has 1 saturated heterocycles. The molecule has 5 nitrogen and oxygen atoms in total. The zero-order chi connectivity index (χ0) is 19.3. The van der Waals surface area contributed by atoms with Gasteiger partial charge in [-0.25, -0.2) is 0 Å². The lowest BCUT2D eigenvalue weighted by atomic mass is 9.89. The van der Waals surface area contributed by atoms with Gasteiger partial charge in [0.1, 0.15) is 5.84 Å². The Bertz CT molecular complexity index is 864. The number of nitrogens with two attached hydrogens (primary N) is 1. The minimum absolute atomic E-state index is 0.630. The summed E-state index contributed by atoms with van der Waals surface area (Å²) in [6, 6.07) is 10.5. The predicted molar refractivity (Wildman–Crippen MR) is 118 cm³/mol. The van der Waals surface area contributed by atoms with Gasteiger partial charge in [0, 0.05) is 43.2 Å². The zero-order valence-corrected chi connectivity index (χ0v) is 16.9. The smallest absolute Gasteiger partial charge is 0.143 e. The Kier molecular flexibility index (Phi) is 5.86. The van der Waals surface area contributed by atoms with E-state index in [-0.39, 0.29) is 0 Å². The lowest BCUT2D eigenvalue weighted by Crippen LogP contribution is -2.35. The number of rotatable bonds is 6. The van der Waals surface area contributed by atoms with Crippen molar-refractivity contribution >= 4 is 23.7 Å². The number of hydrogen-bond donors (Lipinski definition) is 2. The first-order chi connectivity index (χ1) is 13.7. The van der Waals surface area contributed by atoms with E-state index in [0.29, 0.717) is 11.8 Å². The van der Waals surface area contributed by atoms with E-state index < -0.39 is 0 Å². The second-order valence-electron chi connectivity index (χ2n) is 7.60. The van der Waals surface area contributed by atoms with Crippen LogP contribution in [0.15, 0.2) is 59.4 Å². The Morgan fingerprint density at radius 1 is 1.29 bits per heavy atom. The molecule has 2 aliphatic heterocycles. The molecular formula is C22H27N5S. The Morgan fingerprint density at radius 2 is 2.14 bits per heavy atom. The van der Waals surface area contributed by atoms with Gasteiger partial charge in [-0.1, -0.05) is 18.7 Å². The summed E-state index contributed by atoms with van der Waals surface area (Å²) in [6.45, 7) is 6.56. The highest BCUT2D eigenvalue weighted by molar-refractivity contribution is 7.99. The molecule has 0 amide bonds. The number of allylic oxidation sites excluding steroid dienone is 1. The fourth-order valence-electron chi connectivity index (χ4n) is 4.16. The van der Waals surface area contributed by atoms with E-state index in [1.807, 2.05) is 12.4 Å². The summed E-state index contributed by atoms with van der Waals surface area (Å²) < 4.78 is 7.52. The number of aromatic nitrogens is 1. The summed E-state index contributed by atoms with van der Waals surface area (Å²) in [5.41, 5.74) is 12.1. The van der Waals surface area contributed by atoms with Crippen LogP contribution in [0.25, 0.3) is 0 Å². The van der Waals surface area contributed by atoms with E-state index in [4.69, 9.17) is 5.73 Å². The number of fused-ring (bicyclic) bond motifs is 1. The molecule has 2 aliphatic rings. The molecule has 3 N–H and O–H groups in total. The predicted octanol–water partition coefficient (Wildman–Crippen LogP) is 4.18. The number of nitrogens with one attached hydrogen (secondary N) is 1. The molecule has 0 bridgehead atoms. The van der Waals surface area contributed by atoms with Crippen LogP contribution in [-0.2, 0) is 12.8 Å². The molecular weight excluding hydrogens is 366 g/mol. The van der Waals surface area contributed by atoms with Crippen molar-refractivity contribution in [2.24, 2.45) is 16.0 Å². The number of likely N-dealkylation sites (tertiary alicyclic amines) is 1. The largest absolute Gasteiger partial charge is 0.383 e. The van der Waals surface area contributed by atoms with Crippen molar-refractivity contribution in [3.8, 4) is 0 Å². The maximum Gasteiger partial charge on any atom is 0.143 e. The van der Waals surface area contributed by atoms with E-state index in [2.05, 4.69) is 55.9 Å². The van der Waals surface area contributed by atoms with Crippen LogP contribution in [0, 0.1) is 5.92 Å². The molecule has 1 fully saturated rings. The van der Waals surface area contributed by atoms with Gasteiger partial charge in [0.15, 0.2) is 0 Å². The lowest BCUT2D eigenvalue weighted by Gasteiger charge is -2.36. The quantitative estimate of drug-likeness (QED) is 0.721. The van der Waals surface area contributed by atoms with E-state index in [1.165, 1.54) is 41.8 Å². The van der Waals surface area contributed by atoms with Crippen molar-refractivity contribution < 1.29 is 0 Å². The van der Waals surface area contributed by atoms with Gasteiger partial charge in [0.05, 0.1) is 17.8 Å². The summed E-state index contributed by atoms with van der Waals surface area (Å²) in [5, 5.41) is 0. The van der Waals surface area contributed by atoms with Crippen LogP contribution < -0.4 is 10.5 Å². The second-order valence-corrected chi connectivity index (χ2v) is 8.17. The van der Waals surface area contributed by atoms with Crippen molar-refractivity contribution in [2.45, 2.75) is 32.1 Å². The van der Waals surface area contributed by atoms with Crippen LogP contribution in [0.5, 0.6) is 0 Å². The van der Waals surface area contributed by atoms with Gasteiger partial charge in [-0.05, 0) is 60.9 Å². The maximum atomic E-state index is 6.16. The number of nitrogens with zero attached hydrogens (tertiary/aromatic N) is 3. The van der Waals surface area contributed by atoms with Gasteiger partial charge in [0.2, 0.25) is 0 Å². The average molecular weight is 394 g/mol. The van der Waals surface area contributed by atoms with Crippen molar-refractivity contribution in [2.75, 3.05) is 17.8 Å². The van der Waals surface area contributed by atoms with Gasteiger partial charge >= 0.3 is 0 Å². The van der Waals surface area contributed by atoms with Gasteiger partial charge < -0.3 is 15.4 Å². The topological polar surface area (TPSA) is 66.5 Å². The molecule has 0 radical (unpaired) electrons. The molecule has 0 unspecified atom stereocenters. The van der Waals surface area contributed by atoms with Crippen molar-refractivity contribution in [1.82, 2.24) is 9.88 Å². The molecule has 1 atom stereocenters. The summed E-state index contributed by atoms with van der Waals surface area (Å²) >= 11 is 1.30. The third-order valence-corrected chi connectivity index (χ3v) is 6.25. The van der Waals surface area contributed by atoms with E-state index >= 15 is 0 Å². The lowest BCUT2D eigenvalue weighted by molar-refractivity contribution is 0.206. The van der Waals surface area contributed by atoms with E-state index in [9.17, 15) is 0 Å². The minimum Gasteiger partial charge on any atom is -0.383 e. The van der Waals surface area contributed by atoms with Crippen molar-refractivity contribution in [1.29, 1.82) is 0 Å². The van der Waals surface area contributed by atoms with Crippen LogP contribution >= 0.6 is 12.1 Å². The van der Waals surface area contributed by atoms with Gasteiger partial charge in [0.25, 0.3) is 0 Å². The number of anilines is 1. The SMILES string of the molecule is C=C(Cc1ccncc1)N1CCC[C@H](CCc2cccc3c2C(N)=NSN3)C1. The molecule has 0 aliphatic carbocycles. The molecule has 2 aromatic rings. The van der Waals surface area contributed by atoms with E-state index in [0.717, 1.165) is 43.6 Å². The maximum absolute atomic E-state index is 6.16. The van der Waals surface area contributed by atoms with Gasteiger partial charge in [-0.15, -0.1) is 0 Å². The third-order valence-electron chi connectivity index (χ3n) is 5.65.